The van der Waals surface area contributed by atoms with Crippen molar-refractivity contribution in [1.29, 1.82) is 0 Å². The fourth-order valence-electron chi connectivity index (χ4n) is 3.01. The Morgan fingerprint density at radius 3 is 2.60 bits per heavy atom. The number of fused-ring (bicyclic) bond motifs is 1. The number of rotatable bonds is 4. The second-order valence-corrected chi connectivity index (χ2v) is 7.46. The minimum atomic E-state index is -0.214. The maximum atomic E-state index is 12.3. The lowest BCUT2D eigenvalue weighted by molar-refractivity contribution is -0.116. The molecule has 0 saturated carbocycles. The van der Waals surface area contributed by atoms with E-state index in [1.165, 1.54) is 35.5 Å². The second kappa shape index (κ2) is 8.25. The molecular formula is C19H23N3O2S. The van der Waals surface area contributed by atoms with Crippen molar-refractivity contribution in [2.75, 3.05) is 18.9 Å². The first-order valence-electron chi connectivity index (χ1n) is 8.72. The van der Waals surface area contributed by atoms with Crippen LogP contribution >= 0.6 is 11.3 Å². The molecule has 1 aromatic carbocycles. The lowest BCUT2D eigenvalue weighted by Crippen LogP contribution is -2.34. The summed E-state index contributed by atoms with van der Waals surface area (Å²) in [6, 6.07) is 8.98. The monoisotopic (exact) mass is 357 g/mol. The van der Waals surface area contributed by atoms with Crippen molar-refractivity contribution >= 4 is 28.3 Å². The van der Waals surface area contributed by atoms with Gasteiger partial charge in [-0.1, -0.05) is 31.0 Å². The Kier molecular flexibility index (Phi) is 5.81. The number of hydrogen-bond donors (Lipinski definition) is 1. The fourth-order valence-corrected chi connectivity index (χ4v) is 4.07. The van der Waals surface area contributed by atoms with Gasteiger partial charge in [-0.3, -0.25) is 9.59 Å². The molecule has 6 heteroatoms. The highest BCUT2D eigenvalue weighted by Gasteiger charge is 2.17. The molecule has 2 aromatic rings. The molecule has 1 heterocycles. The quantitative estimate of drug-likeness (QED) is 0.911. The SMILES string of the molecule is CN(CC(=O)Nc1nc2c(s1)CCCCCC2)C(=O)c1ccccc1. The second-order valence-electron chi connectivity index (χ2n) is 6.38. The van der Waals surface area contributed by atoms with Crippen LogP contribution in [-0.4, -0.2) is 35.3 Å². The summed E-state index contributed by atoms with van der Waals surface area (Å²) >= 11 is 1.57. The van der Waals surface area contributed by atoms with E-state index in [0.29, 0.717) is 10.7 Å². The summed E-state index contributed by atoms with van der Waals surface area (Å²) < 4.78 is 0. The third kappa shape index (κ3) is 4.66. The summed E-state index contributed by atoms with van der Waals surface area (Å²) in [6.45, 7) is 0.0119. The number of aromatic nitrogens is 1. The van der Waals surface area contributed by atoms with E-state index in [9.17, 15) is 9.59 Å². The van der Waals surface area contributed by atoms with Gasteiger partial charge in [-0.25, -0.2) is 4.98 Å². The van der Waals surface area contributed by atoms with Crippen LogP contribution in [0.2, 0.25) is 0 Å². The molecule has 5 nitrogen and oxygen atoms in total. The molecule has 132 valence electrons. The molecule has 2 amide bonds. The number of benzene rings is 1. The van der Waals surface area contributed by atoms with Gasteiger partial charge < -0.3 is 10.2 Å². The first kappa shape index (κ1) is 17.6. The van der Waals surface area contributed by atoms with Gasteiger partial charge in [-0.15, -0.1) is 11.3 Å². The zero-order chi connectivity index (χ0) is 17.6. The summed E-state index contributed by atoms with van der Waals surface area (Å²) in [6.07, 6.45) is 6.93. The van der Waals surface area contributed by atoms with Gasteiger partial charge in [-0.2, -0.15) is 0 Å². The van der Waals surface area contributed by atoms with Crippen molar-refractivity contribution in [1.82, 2.24) is 9.88 Å². The number of nitrogens with zero attached hydrogens (tertiary/aromatic N) is 2. The van der Waals surface area contributed by atoms with Crippen LogP contribution < -0.4 is 5.32 Å². The van der Waals surface area contributed by atoms with E-state index in [-0.39, 0.29) is 18.4 Å². The Morgan fingerprint density at radius 2 is 1.84 bits per heavy atom. The predicted octanol–water partition coefficient (Wildman–Crippen LogP) is 3.51. The topological polar surface area (TPSA) is 62.3 Å². The molecule has 0 fully saturated rings. The molecule has 0 aliphatic heterocycles. The number of thiazole rings is 1. The minimum absolute atomic E-state index is 0.0119. The van der Waals surface area contributed by atoms with E-state index in [4.69, 9.17) is 0 Å². The van der Waals surface area contributed by atoms with Gasteiger partial charge in [0.2, 0.25) is 5.91 Å². The molecular weight excluding hydrogens is 334 g/mol. The molecule has 25 heavy (non-hydrogen) atoms. The summed E-state index contributed by atoms with van der Waals surface area (Å²) in [5, 5.41) is 3.50. The third-order valence-corrected chi connectivity index (χ3v) is 5.41. The van der Waals surface area contributed by atoms with Gasteiger partial charge in [0, 0.05) is 17.5 Å². The molecule has 0 radical (unpaired) electrons. The molecule has 1 N–H and O–H groups in total. The van der Waals surface area contributed by atoms with E-state index in [0.717, 1.165) is 18.5 Å². The molecule has 1 aliphatic carbocycles. The summed E-state index contributed by atoms with van der Waals surface area (Å²) in [5.74, 6) is -0.379. The first-order chi connectivity index (χ1) is 12.1. The standard InChI is InChI=1S/C19H23N3O2S/c1-22(18(24)14-9-5-4-6-10-14)13-17(23)21-19-20-15-11-7-2-3-8-12-16(15)25-19/h4-6,9-10H,2-3,7-8,11-13H2,1H3,(H,20,21,23). The minimum Gasteiger partial charge on any atom is -0.332 e. The number of aryl methyl sites for hydroxylation is 2. The van der Waals surface area contributed by atoms with Crippen LogP contribution in [0.1, 0.15) is 46.6 Å². The van der Waals surface area contributed by atoms with Gasteiger partial charge in [0.15, 0.2) is 5.13 Å². The largest absolute Gasteiger partial charge is 0.332 e. The third-order valence-electron chi connectivity index (χ3n) is 4.34. The lowest BCUT2D eigenvalue weighted by Gasteiger charge is -2.16. The van der Waals surface area contributed by atoms with Crippen LogP contribution in [0, 0.1) is 0 Å². The number of nitrogens with one attached hydrogen (secondary N) is 1. The smallest absolute Gasteiger partial charge is 0.254 e. The van der Waals surface area contributed by atoms with Crippen LogP contribution in [0.3, 0.4) is 0 Å². The average molecular weight is 357 g/mol. The van der Waals surface area contributed by atoms with Crippen molar-refractivity contribution < 1.29 is 9.59 Å². The molecule has 0 spiro atoms. The van der Waals surface area contributed by atoms with Gasteiger partial charge in [0.05, 0.1) is 12.2 Å². The molecule has 0 bridgehead atoms. The number of carbonyl (C=O) groups excluding carboxylic acids is 2. The number of anilines is 1. The van der Waals surface area contributed by atoms with Gasteiger partial charge >= 0.3 is 0 Å². The predicted molar refractivity (Wildman–Crippen MR) is 100 cm³/mol. The molecule has 0 atom stereocenters. The van der Waals surface area contributed by atoms with E-state index in [1.54, 1.807) is 30.5 Å². The van der Waals surface area contributed by atoms with Gasteiger partial charge in [0.1, 0.15) is 0 Å². The number of hydrogen-bond acceptors (Lipinski definition) is 4. The van der Waals surface area contributed by atoms with E-state index in [2.05, 4.69) is 10.3 Å². The van der Waals surface area contributed by atoms with Crippen LogP contribution in [0.4, 0.5) is 5.13 Å². The van der Waals surface area contributed by atoms with Crippen LogP contribution in [0.25, 0.3) is 0 Å². The highest BCUT2D eigenvalue weighted by atomic mass is 32.1. The molecule has 1 aromatic heterocycles. The highest BCUT2D eigenvalue weighted by Crippen LogP contribution is 2.28. The Labute approximate surface area is 152 Å². The molecule has 1 aliphatic rings. The van der Waals surface area contributed by atoms with E-state index >= 15 is 0 Å². The molecule has 0 unspecified atom stereocenters. The first-order valence-corrected chi connectivity index (χ1v) is 9.54. The summed E-state index contributed by atoms with van der Waals surface area (Å²) in [7, 11) is 1.64. The highest BCUT2D eigenvalue weighted by molar-refractivity contribution is 7.15. The van der Waals surface area contributed by atoms with Gasteiger partial charge in [-0.05, 0) is 37.8 Å². The van der Waals surface area contributed by atoms with E-state index < -0.39 is 0 Å². The van der Waals surface area contributed by atoms with Gasteiger partial charge in [0.25, 0.3) is 5.91 Å². The maximum absolute atomic E-state index is 12.3. The van der Waals surface area contributed by atoms with Crippen molar-refractivity contribution in [3.05, 3.63) is 46.5 Å². The zero-order valence-corrected chi connectivity index (χ0v) is 15.3. The maximum Gasteiger partial charge on any atom is 0.254 e. The lowest BCUT2D eigenvalue weighted by atomic mass is 10.0. The average Bonchev–Trinajstić information content (AvgIpc) is 2.95. The Balaban J connectivity index is 1.59. The fraction of sp³-hybridized carbons (Fsp3) is 0.421. The van der Waals surface area contributed by atoms with Crippen molar-refractivity contribution in [2.24, 2.45) is 0 Å². The van der Waals surface area contributed by atoms with Crippen molar-refractivity contribution in [2.45, 2.75) is 38.5 Å². The Bertz CT molecular complexity index is 717. The summed E-state index contributed by atoms with van der Waals surface area (Å²) in [4.78, 5) is 31.9. The van der Waals surface area contributed by atoms with Crippen molar-refractivity contribution in [3.63, 3.8) is 0 Å². The van der Waals surface area contributed by atoms with Crippen LogP contribution in [0.15, 0.2) is 30.3 Å². The number of amides is 2. The summed E-state index contributed by atoms with van der Waals surface area (Å²) in [5.41, 5.74) is 1.71. The normalized spacial score (nSPS) is 14.1. The van der Waals surface area contributed by atoms with E-state index in [1.807, 2.05) is 18.2 Å². The Hall–Kier alpha value is -2.21. The molecule has 3 rings (SSSR count). The van der Waals surface area contributed by atoms with Crippen LogP contribution in [-0.2, 0) is 17.6 Å². The number of carbonyl (C=O) groups is 2. The van der Waals surface area contributed by atoms with Crippen LogP contribution in [0.5, 0.6) is 0 Å². The van der Waals surface area contributed by atoms with Crippen molar-refractivity contribution in [3.8, 4) is 0 Å². The Morgan fingerprint density at radius 1 is 1.12 bits per heavy atom. The zero-order valence-electron chi connectivity index (χ0n) is 14.5. The number of likely N-dealkylation sites (N-methyl/N-ethyl adjacent to an activating group) is 1. The molecule has 0 saturated heterocycles.